The maximum atomic E-state index is 9.38. The van der Waals surface area contributed by atoms with Crippen LogP contribution in [0.15, 0.2) is 0 Å². The molecule has 0 aliphatic carbocycles. The Hall–Kier alpha value is -0.0800. The Balaban J connectivity index is 4.22. The molecule has 0 radical (unpaired) electrons. The van der Waals surface area contributed by atoms with Crippen molar-refractivity contribution in [2.45, 2.75) is 60.8 Å². The zero-order valence-corrected chi connectivity index (χ0v) is 12.3. The van der Waals surface area contributed by atoms with Gasteiger partial charge in [-0.15, -0.1) is 0 Å². The van der Waals surface area contributed by atoms with Gasteiger partial charge in [-0.1, -0.05) is 41.5 Å². The van der Waals surface area contributed by atoms with Gasteiger partial charge in [0, 0.05) is 13.6 Å². The minimum atomic E-state index is 0.346. The van der Waals surface area contributed by atoms with E-state index in [9.17, 15) is 5.21 Å². The molecule has 0 saturated heterocycles. The smallest absolute Gasteiger partial charge is 0.0263 e. The highest BCUT2D eigenvalue weighted by Gasteiger charge is 2.21. The third-order valence-electron chi connectivity index (χ3n) is 2.73. The molecule has 0 aliphatic rings. The summed E-state index contributed by atoms with van der Waals surface area (Å²) in [4.78, 5) is 0. The first-order chi connectivity index (χ1) is 6.99. The van der Waals surface area contributed by atoms with Crippen molar-refractivity contribution >= 4 is 0 Å². The third-order valence-corrected chi connectivity index (χ3v) is 2.73. The summed E-state index contributed by atoms with van der Waals surface area (Å²) in [5, 5.41) is 10.7. The molecule has 0 fully saturated rings. The summed E-state index contributed by atoms with van der Waals surface area (Å²) in [5.74, 6) is 0.592. The molecular formula is C14H31NO. The van der Waals surface area contributed by atoms with E-state index in [1.807, 2.05) is 0 Å². The first kappa shape index (κ1) is 15.9. The average Bonchev–Trinajstić information content (AvgIpc) is 1.94. The van der Waals surface area contributed by atoms with E-state index < -0.39 is 0 Å². The molecule has 0 aromatic rings. The fourth-order valence-electron chi connectivity index (χ4n) is 2.13. The lowest BCUT2D eigenvalue weighted by Crippen LogP contribution is -2.26. The molecule has 0 bridgehead atoms. The zero-order chi connectivity index (χ0) is 13.0. The van der Waals surface area contributed by atoms with Crippen molar-refractivity contribution in [2.24, 2.45) is 16.7 Å². The van der Waals surface area contributed by atoms with E-state index in [-0.39, 0.29) is 0 Å². The molecule has 0 heterocycles. The van der Waals surface area contributed by atoms with Crippen LogP contribution in [0.1, 0.15) is 60.8 Å². The predicted octanol–water partition coefficient (Wildman–Crippen LogP) is 4.19. The van der Waals surface area contributed by atoms with Gasteiger partial charge in [0.05, 0.1) is 0 Å². The van der Waals surface area contributed by atoms with Crippen molar-refractivity contribution in [3.63, 3.8) is 0 Å². The minimum absolute atomic E-state index is 0.346. The molecular weight excluding hydrogens is 198 g/mol. The van der Waals surface area contributed by atoms with Crippen LogP contribution in [0, 0.1) is 16.7 Å². The van der Waals surface area contributed by atoms with Crippen LogP contribution in [0.2, 0.25) is 0 Å². The Morgan fingerprint density at radius 2 is 1.50 bits per heavy atom. The topological polar surface area (TPSA) is 23.5 Å². The summed E-state index contributed by atoms with van der Waals surface area (Å²) >= 11 is 0. The molecule has 1 N–H and O–H groups in total. The van der Waals surface area contributed by atoms with Crippen LogP contribution in [0.25, 0.3) is 0 Å². The van der Waals surface area contributed by atoms with Gasteiger partial charge in [-0.05, 0) is 36.0 Å². The Bertz CT molecular complexity index is 186. The van der Waals surface area contributed by atoms with Crippen molar-refractivity contribution < 1.29 is 5.21 Å². The summed E-state index contributed by atoms with van der Waals surface area (Å²) in [6.07, 6.45) is 3.60. The molecule has 2 nitrogen and oxygen atoms in total. The second-order valence-electron chi connectivity index (χ2n) is 7.57. The summed E-state index contributed by atoms with van der Waals surface area (Å²) in [5.41, 5.74) is 0.739. The van der Waals surface area contributed by atoms with Gasteiger partial charge in [0.25, 0.3) is 0 Å². The molecule has 1 atom stereocenters. The van der Waals surface area contributed by atoms with E-state index in [1.54, 1.807) is 7.05 Å². The number of rotatable bonds is 5. The first-order valence-electron chi connectivity index (χ1n) is 6.40. The fraction of sp³-hybridized carbons (Fsp3) is 1.00. The first-order valence-corrected chi connectivity index (χ1v) is 6.40. The number of hydroxylamine groups is 2. The fourth-order valence-corrected chi connectivity index (χ4v) is 2.13. The highest BCUT2D eigenvalue weighted by atomic mass is 16.5. The van der Waals surface area contributed by atoms with E-state index in [2.05, 4.69) is 41.5 Å². The van der Waals surface area contributed by atoms with Crippen LogP contribution in [0.3, 0.4) is 0 Å². The quantitative estimate of drug-likeness (QED) is 0.715. The Kier molecular flexibility index (Phi) is 5.99. The second kappa shape index (κ2) is 6.02. The molecule has 0 aromatic heterocycles. The minimum Gasteiger partial charge on any atom is -0.314 e. The molecule has 1 unspecified atom stereocenters. The van der Waals surface area contributed by atoms with Crippen molar-refractivity contribution in [1.82, 2.24) is 5.06 Å². The maximum Gasteiger partial charge on any atom is 0.0263 e. The van der Waals surface area contributed by atoms with Crippen molar-refractivity contribution in [3.05, 3.63) is 0 Å². The summed E-state index contributed by atoms with van der Waals surface area (Å²) in [7, 11) is 1.74. The van der Waals surface area contributed by atoms with Gasteiger partial charge in [-0.3, -0.25) is 0 Å². The van der Waals surface area contributed by atoms with Crippen LogP contribution in [0.5, 0.6) is 0 Å². The van der Waals surface area contributed by atoms with Gasteiger partial charge < -0.3 is 5.21 Å². The van der Waals surface area contributed by atoms with E-state index in [4.69, 9.17) is 0 Å². The molecule has 98 valence electrons. The van der Waals surface area contributed by atoms with Crippen LogP contribution < -0.4 is 0 Å². The van der Waals surface area contributed by atoms with Gasteiger partial charge in [-0.25, -0.2) is 0 Å². The van der Waals surface area contributed by atoms with Crippen LogP contribution in [-0.2, 0) is 0 Å². The zero-order valence-electron chi connectivity index (χ0n) is 12.3. The summed E-state index contributed by atoms with van der Waals surface area (Å²) < 4.78 is 0. The SMILES string of the molecule is CN(O)CC(CCC(C)(C)C)CC(C)(C)C. The molecule has 0 aromatic carbocycles. The Morgan fingerprint density at radius 1 is 1.00 bits per heavy atom. The molecule has 0 amide bonds. The second-order valence-corrected chi connectivity index (χ2v) is 7.57. The lowest BCUT2D eigenvalue weighted by molar-refractivity contribution is -0.0805. The van der Waals surface area contributed by atoms with E-state index in [1.165, 1.54) is 24.3 Å². The van der Waals surface area contributed by atoms with Crippen LogP contribution in [0.4, 0.5) is 0 Å². The molecule has 2 heteroatoms. The van der Waals surface area contributed by atoms with Gasteiger partial charge in [0.15, 0.2) is 0 Å². The molecule has 0 saturated carbocycles. The maximum absolute atomic E-state index is 9.38. The Labute approximate surface area is 102 Å². The lowest BCUT2D eigenvalue weighted by atomic mass is 9.79. The molecule has 0 aliphatic heterocycles. The van der Waals surface area contributed by atoms with E-state index >= 15 is 0 Å². The third kappa shape index (κ3) is 10.4. The van der Waals surface area contributed by atoms with Gasteiger partial charge in [0.1, 0.15) is 0 Å². The van der Waals surface area contributed by atoms with Gasteiger partial charge in [0.2, 0.25) is 0 Å². The predicted molar refractivity (Wildman–Crippen MR) is 70.7 cm³/mol. The lowest BCUT2D eigenvalue weighted by Gasteiger charge is -2.29. The normalized spacial score (nSPS) is 15.6. The van der Waals surface area contributed by atoms with Crippen molar-refractivity contribution in [3.8, 4) is 0 Å². The van der Waals surface area contributed by atoms with Gasteiger partial charge in [-0.2, -0.15) is 5.06 Å². The van der Waals surface area contributed by atoms with Gasteiger partial charge >= 0.3 is 0 Å². The van der Waals surface area contributed by atoms with E-state index in [0.717, 1.165) is 6.54 Å². The van der Waals surface area contributed by atoms with Crippen molar-refractivity contribution in [2.75, 3.05) is 13.6 Å². The largest absolute Gasteiger partial charge is 0.314 e. The highest BCUT2D eigenvalue weighted by Crippen LogP contribution is 2.31. The van der Waals surface area contributed by atoms with Crippen molar-refractivity contribution in [1.29, 1.82) is 0 Å². The highest BCUT2D eigenvalue weighted by molar-refractivity contribution is 4.73. The standard InChI is InChI=1S/C14H31NO/c1-13(2,3)9-8-12(11-15(7)16)10-14(4,5)6/h12,16H,8-11H2,1-7H3. The summed E-state index contributed by atoms with van der Waals surface area (Å²) in [6, 6.07) is 0. The average molecular weight is 229 g/mol. The number of hydrogen-bond donors (Lipinski definition) is 1. The number of nitrogens with zero attached hydrogens (tertiary/aromatic N) is 1. The monoisotopic (exact) mass is 229 g/mol. The van der Waals surface area contributed by atoms with Crippen LogP contribution in [-0.4, -0.2) is 23.9 Å². The molecule has 0 rings (SSSR count). The molecule has 0 spiro atoms. The van der Waals surface area contributed by atoms with E-state index in [0.29, 0.717) is 16.7 Å². The number of hydrogen-bond acceptors (Lipinski definition) is 2. The summed E-state index contributed by atoms with van der Waals surface area (Å²) in [6.45, 7) is 14.4. The molecule has 16 heavy (non-hydrogen) atoms. The van der Waals surface area contributed by atoms with Crippen LogP contribution >= 0.6 is 0 Å². The Morgan fingerprint density at radius 3 is 1.81 bits per heavy atom.